The van der Waals surface area contributed by atoms with E-state index in [4.69, 9.17) is 27.9 Å². The van der Waals surface area contributed by atoms with Crippen LogP contribution in [-0.2, 0) is 0 Å². The number of halogens is 4. The number of nitrogens with zero attached hydrogens (tertiary/aromatic N) is 3. The normalized spacial score (nSPS) is 11.1. The Kier molecular flexibility index (Phi) is 5.05. The predicted octanol–water partition coefficient (Wildman–Crippen LogP) is 3.75. The fourth-order valence-electron chi connectivity index (χ4n) is 2.04. The maximum absolute atomic E-state index is 12.3. The summed E-state index contributed by atoms with van der Waals surface area (Å²) < 4.78 is 29.4. The highest BCUT2D eigenvalue weighted by Gasteiger charge is 2.19. The van der Waals surface area contributed by atoms with E-state index in [1.807, 2.05) is 0 Å². The summed E-state index contributed by atoms with van der Waals surface area (Å²) in [5.74, 6) is -1.67. The zero-order chi connectivity index (χ0) is 18.8. The third-order valence-electron chi connectivity index (χ3n) is 3.11. The van der Waals surface area contributed by atoms with Gasteiger partial charge in [0, 0.05) is 12.4 Å². The van der Waals surface area contributed by atoms with E-state index in [0.717, 1.165) is 6.07 Å². The number of fused-ring (bicyclic) bond motifs is 1. The molecule has 0 spiro atoms. The van der Waals surface area contributed by atoms with Crippen LogP contribution in [0.15, 0.2) is 18.5 Å². The number of rotatable bonds is 6. The molecule has 3 N–H and O–H groups in total. The van der Waals surface area contributed by atoms with Gasteiger partial charge in [0.25, 0.3) is 6.43 Å². The lowest BCUT2D eigenvalue weighted by atomic mass is 10.2. The first-order valence-corrected chi connectivity index (χ1v) is 7.71. The second kappa shape index (κ2) is 7.26. The van der Waals surface area contributed by atoms with Gasteiger partial charge in [-0.1, -0.05) is 23.2 Å². The third-order valence-corrected chi connectivity index (χ3v) is 3.68. The quantitative estimate of drug-likeness (QED) is 0.574. The zero-order valence-corrected chi connectivity index (χ0v) is 14.1. The molecule has 0 unspecified atom stereocenters. The van der Waals surface area contributed by atoms with Crippen molar-refractivity contribution in [1.82, 2.24) is 19.9 Å². The minimum Gasteiger partial charge on any atom is -0.477 e. The maximum Gasteiger partial charge on any atom is 0.341 e. The fraction of sp³-hybridized carbons (Fsp3) is 0.143. The summed E-state index contributed by atoms with van der Waals surface area (Å²) in [5, 5.41) is 12.5. The molecular weight excluding hydrogens is 395 g/mol. The summed E-state index contributed by atoms with van der Waals surface area (Å²) in [5.41, 5.74) is 0.241. The first kappa shape index (κ1) is 18.1. The molecule has 0 radical (unpaired) electrons. The Labute approximate surface area is 154 Å². The first-order chi connectivity index (χ1) is 12.3. The molecule has 3 rings (SSSR count). The maximum atomic E-state index is 12.3. The molecule has 0 aliphatic rings. The molecule has 0 aliphatic carbocycles. The molecule has 0 saturated carbocycles. The molecule has 0 aliphatic heterocycles. The van der Waals surface area contributed by atoms with Crippen molar-refractivity contribution < 1.29 is 23.4 Å². The Morgan fingerprint density at radius 1 is 1.31 bits per heavy atom. The van der Waals surface area contributed by atoms with Crippen molar-refractivity contribution in [2.75, 3.05) is 11.9 Å². The highest BCUT2D eigenvalue weighted by molar-refractivity contribution is 6.39. The minimum absolute atomic E-state index is 0.128. The monoisotopic (exact) mass is 403 g/mol. The van der Waals surface area contributed by atoms with Gasteiger partial charge in [-0.3, -0.25) is 4.98 Å². The molecule has 0 bridgehead atoms. The second-order valence-electron chi connectivity index (χ2n) is 4.90. The van der Waals surface area contributed by atoms with Crippen LogP contribution in [0.25, 0.3) is 11.2 Å². The highest BCUT2D eigenvalue weighted by Crippen LogP contribution is 2.31. The van der Waals surface area contributed by atoms with Crippen molar-refractivity contribution in [3.05, 3.63) is 34.1 Å². The van der Waals surface area contributed by atoms with Gasteiger partial charge in [0.05, 0.1) is 15.7 Å². The van der Waals surface area contributed by atoms with Crippen LogP contribution < -0.4 is 10.1 Å². The molecule has 3 aromatic rings. The lowest BCUT2D eigenvalue weighted by molar-refractivity contribution is 0.0657. The standard InChI is InChI=1S/C14H9Cl2F2N5O3/c15-6-2-19-3-7(16)10(6)21-14-20-8-1-5(13(24)25)12(22-11(8)23-14)26-4-9(17)18/h1-3,9H,4H2,(H,24,25)(H2,19,20,21,22,23). The number of hydrogen-bond acceptors (Lipinski definition) is 6. The summed E-state index contributed by atoms with van der Waals surface area (Å²) in [6.07, 6.45) is -0.0329. The number of hydrogen-bond donors (Lipinski definition) is 3. The Morgan fingerprint density at radius 3 is 2.62 bits per heavy atom. The van der Waals surface area contributed by atoms with Crippen LogP contribution in [0.5, 0.6) is 5.88 Å². The number of aromatic nitrogens is 4. The topological polar surface area (TPSA) is 113 Å². The average molecular weight is 404 g/mol. The smallest absolute Gasteiger partial charge is 0.341 e. The van der Waals surface area contributed by atoms with E-state index in [0.29, 0.717) is 5.69 Å². The number of carboxylic acids is 1. The van der Waals surface area contributed by atoms with Crippen LogP contribution in [0, 0.1) is 0 Å². The van der Waals surface area contributed by atoms with Crippen molar-refractivity contribution in [3.63, 3.8) is 0 Å². The SMILES string of the molecule is O=C(O)c1cc2nc(Nc3c(Cl)cncc3Cl)[nH]c2nc1OCC(F)F. The molecule has 12 heteroatoms. The Hall–Kier alpha value is -2.72. The van der Waals surface area contributed by atoms with Gasteiger partial charge in [-0.25, -0.2) is 18.6 Å². The van der Waals surface area contributed by atoms with E-state index in [1.54, 1.807) is 0 Å². The first-order valence-electron chi connectivity index (χ1n) is 6.96. The van der Waals surface area contributed by atoms with E-state index in [1.165, 1.54) is 12.4 Å². The van der Waals surface area contributed by atoms with Gasteiger partial charge in [-0.2, -0.15) is 4.98 Å². The number of anilines is 2. The van der Waals surface area contributed by atoms with Crippen LogP contribution >= 0.6 is 23.2 Å². The molecule has 8 nitrogen and oxygen atoms in total. The number of H-pyrrole nitrogens is 1. The number of imidazole rings is 1. The van der Waals surface area contributed by atoms with Gasteiger partial charge in [0.15, 0.2) is 12.3 Å². The number of carboxylic acid groups (broad SMARTS) is 1. The lowest BCUT2D eigenvalue weighted by Gasteiger charge is -2.07. The summed E-state index contributed by atoms with van der Waals surface area (Å²) in [6.45, 7) is -0.986. The van der Waals surface area contributed by atoms with Crippen molar-refractivity contribution in [2.24, 2.45) is 0 Å². The number of aromatic carboxylic acids is 1. The van der Waals surface area contributed by atoms with Crippen LogP contribution in [-0.4, -0.2) is 44.0 Å². The zero-order valence-electron chi connectivity index (χ0n) is 12.6. The van der Waals surface area contributed by atoms with Gasteiger partial charge in [-0.05, 0) is 6.07 Å². The van der Waals surface area contributed by atoms with Crippen LogP contribution in [0.2, 0.25) is 10.0 Å². The summed E-state index contributed by atoms with van der Waals surface area (Å²) in [4.78, 5) is 25.9. The van der Waals surface area contributed by atoms with Crippen LogP contribution in [0.1, 0.15) is 10.4 Å². The van der Waals surface area contributed by atoms with E-state index < -0.39 is 30.4 Å². The molecule has 3 aromatic heterocycles. The molecule has 3 heterocycles. The molecule has 26 heavy (non-hydrogen) atoms. The molecule has 136 valence electrons. The van der Waals surface area contributed by atoms with Crippen molar-refractivity contribution in [3.8, 4) is 5.88 Å². The van der Waals surface area contributed by atoms with E-state index in [-0.39, 0.29) is 27.2 Å². The van der Waals surface area contributed by atoms with Gasteiger partial charge in [0.1, 0.15) is 11.1 Å². The second-order valence-corrected chi connectivity index (χ2v) is 5.72. The number of pyridine rings is 2. The van der Waals surface area contributed by atoms with Gasteiger partial charge in [0.2, 0.25) is 11.8 Å². The van der Waals surface area contributed by atoms with Gasteiger partial charge >= 0.3 is 5.97 Å². The van der Waals surface area contributed by atoms with Crippen molar-refractivity contribution in [2.45, 2.75) is 6.43 Å². The fourth-order valence-corrected chi connectivity index (χ4v) is 2.50. The van der Waals surface area contributed by atoms with Crippen molar-refractivity contribution in [1.29, 1.82) is 0 Å². The Morgan fingerprint density at radius 2 is 2.00 bits per heavy atom. The number of alkyl halides is 2. The Bertz CT molecular complexity index is 962. The molecule has 0 fully saturated rings. The summed E-state index contributed by atoms with van der Waals surface area (Å²) in [6, 6.07) is 1.16. The predicted molar refractivity (Wildman–Crippen MR) is 89.9 cm³/mol. The molecule has 0 saturated heterocycles. The van der Waals surface area contributed by atoms with Crippen LogP contribution in [0.3, 0.4) is 0 Å². The summed E-state index contributed by atoms with van der Waals surface area (Å²) >= 11 is 12.0. The Balaban J connectivity index is 1.99. The number of nitrogens with one attached hydrogen (secondary N) is 2. The number of carbonyl (C=O) groups is 1. The molecule has 0 atom stereocenters. The highest BCUT2D eigenvalue weighted by atomic mass is 35.5. The summed E-state index contributed by atoms with van der Waals surface area (Å²) in [7, 11) is 0. The molecular formula is C14H9Cl2F2N5O3. The molecule has 0 amide bonds. The molecule has 0 aromatic carbocycles. The van der Waals surface area contributed by atoms with E-state index in [9.17, 15) is 18.7 Å². The van der Waals surface area contributed by atoms with E-state index in [2.05, 4.69) is 25.3 Å². The number of ether oxygens (including phenoxy) is 1. The third kappa shape index (κ3) is 3.75. The van der Waals surface area contributed by atoms with E-state index >= 15 is 0 Å². The number of aromatic amines is 1. The average Bonchev–Trinajstić information content (AvgIpc) is 2.96. The van der Waals surface area contributed by atoms with Crippen LogP contribution in [0.4, 0.5) is 20.4 Å². The van der Waals surface area contributed by atoms with Crippen molar-refractivity contribution >= 4 is 52.0 Å². The lowest BCUT2D eigenvalue weighted by Crippen LogP contribution is -2.11. The van der Waals surface area contributed by atoms with Gasteiger partial charge < -0.3 is 20.1 Å². The van der Waals surface area contributed by atoms with Gasteiger partial charge in [-0.15, -0.1) is 0 Å². The largest absolute Gasteiger partial charge is 0.477 e. The minimum atomic E-state index is -2.77.